The molecule has 0 aromatic heterocycles. The van der Waals surface area contributed by atoms with Crippen molar-refractivity contribution in [1.29, 1.82) is 0 Å². The Labute approximate surface area is 86.1 Å². The summed E-state index contributed by atoms with van der Waals surface area (Å²) in [6.07, 6.45) is 2.35. The molecule has 0 amide bonds. The number of hydrogen-bond donors (Lipinski definition) is 0. The molecule has 1 nitrogen and oxygen atoms in total. The van der Waals surface area contributed by atoms with Gasteiger partial charge in [0.25, 0.3) is 0 Å². The van der Waals surface area contributed by atoms with Gasteiger partial charge in [0.15, 0.2) is 0 Å². The summed E-state index contributed by atoms with van der Waals surface area (Å²) in [6, 6.07) is 11.2. The van der Waals surface area contributed by atoms with Crippen molar-refractivity contribution in [3.8, 4) is 0 Å². The average molecular weight is 187 g/mol. The molecule has 74 valence electrons. The van der Waals surface area contributed by atoms with Crippen LogP contribution in [0.1, 0.15) is 19.4 Å². The summed E-state index contributed by atoms with van der Waals surface area (Å²) in [5.74, 6) is 0. The predicted octanol–water partition coefficient (Wildman–Crippen LogP) is 2.79. The van der Waals surface area contributed by atoms with E-state index in [1.807, 2.05) is 0 Å². The maximum Gasteiger partial charge on any atom is 0.0256 e. The van der Waals surface area contributed by atoms with Crippen LogP contribution in [0.25, 0.3) is 5.57 Å². The van der Waals surface area contributed by atoms with Crippen molar-refractivity contribution < 1.29 is 0 Å². The zero-order valence-corrected chi connectivity index (χ0v) is 8.90. The van der Waals surface area contributed by atoms with Crippen molar-refractivity contribution in [3.63, 3.8) is 0 Å². The zero-order valence-electron chi connectivity index (χ0n) is 8.90. The second-order valence-electron chi connectivity index (χ2n) is 3.99. The Morgan fingerprint density at radius 1 is 1.29 bits per heavy atom. The van der Waals surface area contributed by atoms with Crippen molar-refractivity contribution >= 4 is 5.57 Å². The summed E-state index contributed by atoms with van der Waals surface area (Å²) in [5.41, 5.74) is 2.71. The first kappa shape index (κ1) is 9.47. The molecule has 0 N–H and O–H groups in total. The van der Waals surface area contributed by atoms with Gasteiger partial charge in [-0.3, -0.25) is 4.90 Å². The Balaban J connectivity index is 2.10. The summed E-state index contributed by atoms with van der Waals surface area (Å²) in [4.78, 5) is 2.45. The fourth-order valence-electron chi connectivity index (χ4n) is 1.73. The van der Waals surface area contributed by atoms with Crippen LogP contribution in [-0.4, -0.2) is 24.0 Å². The monoisotopic (exact) mass is 187 g/mol. The van der Waals surface area contributed by atoms with Crippen LogP contribution in [0.15, 0.2) is 36.4 Å². The molecule has 1 heterocycles. The Morgan fingerprint density at radius 3 is 2.50 bits per heavy atom. The van der Waals surface area contributed by atoms with Crippen LogP contribution in [0.4, 0.5) is 0 Å². The van der Waals surface area contributed by atoms with Crippen LogP contribution in [0.2, 0.25) is 0 Å². The van der Waals surface area contributed by atoms with E-state index < -0.39 is 0 Å². The molecule has 0 spiro atoms. The third kappa shape index (κ3) is 2.24. The zero-order chi connectivity index (χ0) is 9.97. The minimum Gasteiger partial charge on any atom is -0.295 e. The van der Waals surface area contributed by atoms with E-state index in [0.717, 1.165) is 0 Å². The molecule has 1 saturated heterocycles. The van der Waals surface area contributed by atoms with Crippen molar-refractivity contribution in [3.05, 3.63) is 42.0 Å². The van der Waals surface area contributed by atoms with E-state index in [1.165, 1.54) is 24.2 Å². The van der Waals surface area contributed by atoms with Crippen LogP contribution in [-0.2, 0) is 0 Å². The van der Waals surface area contributed by atoms with Crippen LogP contribution in [0, 0.1) is 0 Å². The summed E-state index contributed by atoms with van der Waals surface area (Å²) in [7, 11) is 0. The summed E-state index contributed by atoms with van der Waals surface area (Å²) in [6.45, 7) is 6.98. The first-order valence-electron chi connectivity index (χ1n) is 5.25. The number of nitrogens with zero attached hydrogens (tertiary/aromatic N) is 1. The standard InChI is InChI=1S/C13H17N/c1-11(10-12(2)14-8-9-14)13-6-4-3-5-7-13/h3-7,10,12H,8-9H2,1-2H3/b11-10-. The molecular weight excluding hydrogens is 170 g/mol. The SMILES string of the molecule is C/C(=C/C(C)N1CC1)c1ccccc1. The number of rotatable bonds is 3. The van der Waals surface area contributed by atoms with Crippen molar-refractivity contribution in [2.24, 2.45) is 0 Å². The van der Waals surface area contributed by atoms with Crippen LogP contribution in [0.5, 0.6) is 0 Å². The van der Waals surface area contributed by atoms with E-state index in [-0.39, 0.29) is 0 Å². The molecule has 0 aliphatic carbocycles. The van der Waals surface area contributed by atoms with E-state index in [0.29, 0.717) is 6.04 Å². The first-order chi connectivity index (χ1) is 6.77. The fraction of sp³-hybridized carbons (Fsp3) is 0.385. The lowest BCUT2D eigenvalue weighted by atomic mass is 10.1. The molecular formula is C13H17N. The van der Waals surface area contributed by atoms with Gasteiger partial charge in [-0.2, -0.15) is 0 Å². The van der Waals surface area contributed by atoms with Gasteiger partial charge >= 0.3 is 0 Å². The molecule has 1 aromatic carbocycles. The van der Waals surface area contributed by atoms with Gasteiger partial charge in [-0.05, 0) is 25.0 Å². The van der Waals surface area contributed by atoms with Crippen LogP contribution in [0.3, 0.4) is 0 Å². The largest absolute Gasteiger partial charge is 0.295 e. The summed E-state index contributed by atoms with van der Waals surface area (Å²) in [5, 5.41) is 0. The highest BCUT2D eigenvalue weighted by Crippen LogP contribution is 2.18. The topological polar surface area (TPSA) is 3.01 Å². The van der Waals surface area contributed by atoms with Gasteiger partial charge in [0.1, 0.15) is 0 Å². The van der Waals surface area contributed by atoms with Gasteiger partial charge in [-0.1, -0.05) is 36.4 Å². The van der Waals surface area contributed by atoms with E-state index in [1.54, 1.807) is 0 Å². The first-order valence-corrected chi connectivity index (χ1v) is 5.25. The number of hydrogen-bond acceptors (Lipinski definition) is 1. The molecule has 1 unspecified atom stereocenters. The average Bonchev–Trinajstić information content (AvgIpc) is 3.02. The molecule has 1 fully saturated rings. The van der Waals surface area contributed by atoms with Gasteiger partial charge in [-0.25, -0.2) is 0 Å². The second-order valence-corrected chi connectivity index (χ2v) is 3.99. The maximum absolute atomic E-state index is 2.45. The van der Waals surface area contributed by atoms with Gasteiger partial charge in [-0.15, -0.1) is 0 Å². The van der Waals surface area contributed by atoms with E-state index in [2.05, 4.69) is 55.2 Å². The van der Waals surface area contributed by atoms with Crippen molar-refractivity contribution in [2.75, 3.05) is 13.1 Å². The van der Waals surface area contributed by atoms with E-state index >= 15 is 0 Å². The van der Waals surface area contributed by atoms with Crippen LogP contribution >= 0.6 is 0 Å². The fourth-order valence-corrected chi connectivity index (χ4v) is 1.73. The molecule has 2 rings (SSSR count). The minimum absolute atomic E-state index is 0.593. The third-order valence-electron chi connectivity index (χ3n) is 2.78. The normalized spacial score (nSPS) is 19.4. The molecule has 0 saturated carbocycles. The maximum atomic E-state index is 2.45. The lowest BCUT2D eigenvalue weighted by molar-refractivity contribution is 0.501. The van der Waals surface area contributed by atoms with E-state index in [9.17, 15) is 0 Å². The highest BCUT2D eigenvalue weighted by Gasteiger charge is 2.21. The smallest absolute Gasteiger partial charge is 0.0256 e. The highest BCUT2D eigenvalue weighted by atomic mass is 15.3. The molecule has 1 aliphatic rings. The predicted molar refractivity (Wildman–Crippen MR) is 61.1 cm³/mol. The molecule has 0 radical (unpaired) electrons. The van der Waals surface area contributed by atoms with E-state index in [4.69, 9.17) is 0 Å². The van der Waals surface area contributed by atoms with Gasteiger partial charge in [0.2, 0.25) is 0 Å². The quantitative estimate of drug-likeness (QED) is 0.658. The molecule has 1 aliphatic heterocycles. The number of allylic oxidation sites excluding steroid dienone is 1. The third-order valence-corrected chi connectivity index (χ3v) is 2.78. The number of benzene rings is 1. The van der Waals surface area contributed by atoms with Gasteiger partial charge < -0.3 is 0 Å². The van der Waals surface area contributed by atoms with Gasteiger partial charge in [0, 0.05) is 19.1 Å². The molecule has 1 atom stereocenters. The Bertz CT molecular complexity index is 322. The Hall–Kier alpha value is -1.08. The Morgan fingerprint density at radius 2 is 1.93 bits per heavy atom. The minimum atomic E-state index is 0.593. The molecule has 1 aromatic rings. The van der Waals surface area contributed by atoms with Gasteiger partial charge in [0.05, 0.1) is 0 Å². The Kier molecular flexibility index (Phi) is 2.69. The molecule has 1 heteroatoms. The molecule has 0 bridgehead atoms. The summed E-state index contributed by atoms with van der Waals surface area (Å²) < 4.78 is 0. The highest BCUT2D eigenvalue weighted by molar-refractivity contribution is 5.64. The second kappa shape index (κ2) is 3.97. The lowest BCUT2D eigenvalue weighted by Gasteiger charge is -2.09. The van der Waals surface area contributed by atoms with Crippen LogP contribution < -0.4 is 0 Å². The van der Waals surface area contributed by atoms with Crippen molar-refractivity contribution in [1.82, 2.24) is 4.90 Å². The summed E-state index contributed by atoms with van der Waals surface area (Å²) >= 11 is 0. The molecule has 14 heavy (non-hydrogen) atoms. The lowest BCUT2D eigenvalue weighted by Crippen LogP contribution is -2.10. The van der Waals surface area contributed by atoms with Crippen molar-refractivity contribution in [2.45, 2.75) is 19.9 Å².